The monoisotopic (exact) mass is 355 g/mol. The fraction of sp³-hybridized carbons (Fsp3) is 0.579. The van der Waals surface area contributed by atoms with E-state index < -0.39 is 6.09 Å². The third-order valence-electron chi connectivity index (χ3n) is 3.05. The molecule has 0 aliphatic rings. The zero-order valence-electron chi connectivity index (χ0n) is 15.2. The largest absolute Gasteiger partial charge is 0.447 e. The van der Waals surface area contributed by atoms with Gasteiger partial charge in [0.05, 0.1) is 6.10 Å². The summed E-state index contributed by atoms with van der Waals surface area (Å²) in [5.41, 5.74) is 0.628. The Hall–Kier alpha value is -1.55. The van der Waals surface area contributed by atoms with E-state index in [1.54, 1.807) is 45.0 Å². The fourth-order valence-electron chi connectivity index (χ4n) is 1.91. The molecular weight excluding hydrogens is 326 g/mol. The Morgan fingerprint density at radius 2 is 1.83 bits per heavy atom. The smallest absolute Gasteiger partial charge is 0.411 e. The Bertz CT molecular complexity index is 489. The fourth-order valence-corrected chi connectivity index (χ4v) is 2.10. The summed E-state index contributed by atoms with van der Waals surface area (Å²) in [5.74, 6) is 0.330. The zero-order chi connectivity index (χ0) is 18.4. The second-order valence-corrected chi connectivity index (χ2v) is 6.39. The summed E-state index contributed by atoms with van der Waals surface area (Å²) >= 11 is 5.74. The minimum Gasteiger partial charge on any atom is -0.447 e. The van der Waals surface area contributed by atoms with Gasteiger partial charge in [0.15, 0.2) is 0 Å². The summed E-state index contributed by atoms with van der Waals surface area (Å²) in [4.78, 5) is 21.6. The van der Waals surface area contributed by atoms with Crippen LogP contribution < -0.4 is 5.32 Å². The van der Waals surface area contributed by atoms with Gasteiger partial charge in [-0.25, -0.2) is 4.79 Å². The number of carbonyl (C=O) groups excluding carboxylic acids is 2. The van der Waals surface area contributed by atoms with E-state index in [4.69, 9.17) is 16.3 Å². The molecule has 1 rings (SSSR count). The highest BCUT2D eigenvalue weighted by Crippen LogP contribution is 2.15. The molecule has 0 unspecified atom stereocenters. The number of Topliss-reactive ketones (excluding diaryl/α,β-unsaturated/α-hetero) is 1. The summed E-state index contributed by atoms with van der Waals surface area (Å²) in [7, 11) is 0. The number of hydrogen-bond acceptors (Lipinski definition) is 3. The minimum absolute atomic E-state index is 0.130. The second-order valence-electron chi connectivity index (χ2n) is 5.96. The number of carbonyl (C=O) groups is 2. The molecule has 1 amide bonds. The van der Waals surface area contributed by atoms with Gasteiger partial charge in [0, 0.05) is 17.1 Å². The number of amides is 1. The van der Waals surface area contributed by atoms with Crippen molar-refractivity contribution >= 4 is 29.2 Å². The maximum Gasteiger partial charge on any atom is 0.411 e. The van der Waals surface area contributed by atoms with Gasteiger partial charge in [-0.3, -0.25) is 5.32 Å². The Balaban J connectivity index is 0.000000470. The Morgan fingerprint density at radius 1 is 1.17 bits per heavy atom. The number of benzene rings is 1. The topological polar surface area (TPSA) is 55.4 Å². The molecule has 1 aromatic rings. The Kier molecular flexibility index (Phi) is 13.0. The van der Waals surface area contributed by atoms with E-state index in [0.29, 0.717) is 16.5 Å². The van der Waals surface area contributed by atoms with Gasteiger partial charge in [0.2, 0.25) is 0 Å². The molecule has 1 aromatic carbocycles. The first-order valence-electron chi connectivity index (χ1n) is 8.57. The average Bonchev–Trinajstić information content (AvgIpc) is 2.46. The standard InChI is InChI=1S/C10H12ClNO2.C9H18O/c1-7(2)14-10(13)12-9-5-3-4-8(11)6-9;1-3-4-5-6-7-8-9(2)10/h3-7H,1-2H3,(H,12,13);3-8H2,1-2H3. The van der Waals surface area contributed by atoms with Crippen LogP contribution in [0.3, 0.4) is 0 Å². The highest BCUT2D eigenvalue weighted by Gasteiger charge is 2.04. The van der Waals surface area contributed by atoms with Crippen LogP contribution in [0.1, 0.15) is 66.2 Å². The van der Waals surface area contributed by atoms with Crippen LogP contribution in [0, 0.1) is 0 Å². The summed E-state index contributed by atoms with van der Waals surface area (Å²) in [6.45, 7) is 7.44. The lowest BCUT2D eigenvalue weighted by Crippen LogP contribution is -2.17. The maximum absolute atomic E-state index is 11.2. The first-order valence-corrected chi connectivity index (χ1v) is 8.95. The van der Waals surface area contributed by atoms with Gasteiger partial charge in [-0.15, -0.1) is 0 Å². The van der Waals surface area contributed by atoms with Gasteiger partial charge in [0.1, 0.15) is 5.78 Å². The number of anilines is 1. The van der Waals surface area contributed by atoms with Crippen molar-refractivity contribution in [1.82, 2.24) is 0 Å². The van der Waals surface area contributed by atoms with E-state index >= 15 is 0 Å². The first-order chi connectivity index (χ1) is 11.3. The van der Waals surface area contributed by atoms with Gasteiger partial charge < -0.3 is 9.53 Å². The molecule has 0 bridgehead atoms. The van der Waals surface area contributed by atoms with Crippen molar-refractivity contribution in [1.29, 1.82) is 0 Å². The Morgan fingerprint density at radius 3 is 2.38 bits per heavy atom. The van der Waals surface area contributed by atoms with Crippen LogP contribution in [0.4, 0.5) is 10.5 Å². The highest BCUT2D eigenvalue weighted by molar-refractivity contribution is 6.30. The van der Waals surface area contributed by atoms with Crippen LogP contribution in [0.5, 0.6) is 0 Å². The highest BCUT2D eigenvalue weighted by atomic mass is 35.5. The molecule has 0 aliphatic carbocycles. The van der Waals surface area contributed by atoms with Crippen molar-refractivity contribution < 1.29 is 14.3 Å². The number of nitrogens with one attached hydrogen (secondary N) is 1. The van der Waals surface area contributed by atoms with Gasteiger partial charge in [-0.05, 0) is 45.4 Å². The molecule has 24 heavy (non-hydrogen) atoms. The summed E-state index contributed by atoms with van der Waals surface area (Å²) < 4.78 is 4.90. The molecule has 136 valence electrons. The molecule has 4 nitrogen and oxygen atoms in total. The van der Waals surface area contributed by atoms with E-state index in [9.17, 15) is 9.59 Å². The van der Waals surface area contributed by atoms with Crippen LogP contribution >= 0.6 is 11.6 Å². The van der Waals surface area contributed by atoms with Crippen molar-refractivity contribution in [3.05, 3.63) is 29.3 Å². The van der Waals surface area contributed by atoms with Crippen molar-refractivity contribution in [3.8, 4) is 0 Å². The summed E-state index contributed by atoms with van der Waals surface area (Å²) in [6, 6.07) is 6.89. The van der Waals surface area contributed by atoms with Crippen LogP contribution in [-0.4, -0.2) is 18.0 Å². The van der Waals surface area contributed by atoms with Crippen molar-refractivity contribution in [2.45, 2.75) is 72.3 Å². The number of unbranched alkanes of at least 4 members (excludes halogenated alkanes) is 4. The number of hydrogen-bond donors (Lipinski definition) is 1. The number of rotatable bonds is 8. The molecular formula is C19H30ClNO3. The molecule has 0 saturated heterocycles. The second kappa shape index (κ2) is 13.8. The molecule has 0 radical (unpaired) electrons. The van der Waals surface area contributed by atoms with E-state index in [2.05, 4.69) is 12.2 Å². The lowest BCUT2D eigenvalue weighted by molar-refractivity contribution is -0.117. The third kappa shape index (κ3) is 14.1. The number of ketones is 1. The van der Waals surface area contributed by atoms with Gasteiger partial charge in [-0.2, -0.15) is 0 Å². The quantitative estimate of drug-likeness (QED) is 0.562. The Labute approximate surface area is 150 Å². The van der Waals surface area contributed by atoms with E-state index in [0.717, 1.165) is 12.8 Å². The van der Waals surface area contributed by atoms with Gasteiger partial charge in [-0.1, -0.05) is 50.3 Å². The van der Waals surface area contributed by atoms with Crippen molar-refractivity contribution in [3.63, 3.8) is 0 Å². The van der Waals surface area contributed by atoms with Gasteiger partial charge >= 0.3 is 6.09 Å². The van der Waals surface area contributed by atoms with E-state index in [-0.39, 0.29) is 6.10 Å². The van der Waals surface area contributed by atoms with E-state index in [1.807, 2.05) is 0 Å². The predicted molar refractivity (Wildman–Crippen MR) is 101 cm³/mol. The number of halogens is 1. The normalized spacial score (nSPS) is 9.92. The lowest BCUT2D eigenvalue weighted by Gasteiger charge is -2.09. The van der Waals surface area contributed by atoms with Crippen molar-refractivity contribution in [2.75, 3.05) is 5.32 Å². The van der Waals surface area contributed by atoms with Crippen LogP contribution in [0.25, 0.3) is 0 Å². The molecule has 5 heteroatoms. The van der Waals surface area contributed by atoms with Crippen LogP contribution in [-0.2, 0) is 9.53 Å². The SMILES string of the molecule is CC(C)OC(=O)Nc1cccc(Cl)c1.CCCCCCCC(C)=O. The minimum atomic E-state index is -0.470. The molecule has 0 atom stereocenters. The van der Waals surface area contributed by atoms with Crippen LogP contribution in [0.15, 0.2) is 24.3 Å². The predicted octanol–water partition coefficient (Wildman–Crippen LogP) is 6.23. The first kappa shape index (κ1) is 22.4. The molecule has 0 aliphatic heterocycles. The maximum atomic E-state index is 11.2. The molecule has 0 aromatic heterocycles. The molecule has 0 heterocycles. The number of ether oxygens (including phenoxy) is 1. The zero-order valence-corrected chi connectivity index (χ0v) is 16.0. The molecule has 0 spiro atoms. The third-order valence-corrected chi connectivity index (χ3v) is 3.28. The van der Waals surface area contributed by atoms with Crippen LogP contribution in [0.2, 0.25) is 5.02 Å². The molecule has 0 fully saturated rings. The van der Waals surface area contributed by atoms with Crippen molar-refractivity contribution in [2.24, 2.45) is 0 Å². The van der Waals surface area contributed by atoms with E-state index in [1.165, 1.54) is 25.7 Å². The van der Waals surface area contributed by atoms with Gasteiger partial charge in [0.25, 0.3) is 0 Å². The summed E-state index contributed by atoms with van der Waals surface area (Å²) in [5, 5.41) is 3.14. The average molecular weight is 356 g/mol. The summed E-state index contributed by atoms with van der Waals surface area (Å²) in [6.07, 6.45) is 6.39. The molecule has 1 N–H and O–H groups in total. The molecule has 0 saturated carbocycles. The lowest BCUT2D eigenvalue weighted by atomic mass is 10.1.